The largest absolute Gasteiger partial charge is 0.354 e. The zero-order chi connectivity index (χ0) is 10.7. The van der Waals surface area contributed by atoms with Crippen molar-refractivity contribution in [3.8, 4) is 0 Å². The Morgan fingerprint density at radius 1 is 1.53 bits per heavy atom. The molecule has 0 aliphatic carbocycles. The van der Waals surface area contributed by atoms with Crippen LogP contribution >= 0.6 is 11.6 Å². The van der Waals surface area contributed by atoms with E-state index in [0.29, 0.717) is 18.9 Å². The highest BCUT2D eigenvalue weighted by molar-refractivity contribution is 6.28. The lowest BCUT2D eigenvalue weighted by atomic mass is 10.4. The maximum atomic E-state index is 11.3. The van der Waals surface area contributed by atoms with Gasteiger partial charge < -0.3 is 10.2 Å². The Morgan fingerprint density at radius 3 is 3.20 bits per heavy atom. The summed E-state index contributed by atoms with van der Waals surface area (Å²) in [6.07, 6.45) is 2.50. The minimum Gasteiger partial charge on any atom is -0.354 e. The third-order valence-electron chi connectivity index (χ3n) is 2.20. The first-order valence-electron chi connectivity index (χ1n) is 4.76. The number of hydrogen-bond acceptors (Lipinski definition) is 4. The zero-order valence-electron chi connectivity index (χ0n) is 8.11. The number of aromatic nitrogens is 2. The van der Waals surface area contributed by atoms with Crippen LogP contribution < -0.4 is 10.2 Å². The van der Waals surface area contributed by atoms with E-state index in [1.54, 1.807) is 12.3 Å². The van der Waals surface area contributed by atoms with Gasteiger partial charge in [0.05, 0.1) is 6.54 Å². The molecule has 80 valence electrons. The van der Waals surface area contributed by atoms with Gasteiger partial charge in [-0.2, -0.15) is 0 Å². The van der Waals surface area contributed by atoms with Gasteiger partial charge in [0.15, 0.2) is 0 Å². The standard InChI is InChI=1S/C9H11ClN4O/c10-9-12-4-2-7(13-9)14-5-1-3-11-8(15)6-14/h2,4H,1,3,5-6H2,(H,11,15). The minimum atomic E-state index is 0.0160. The number of hydrogen-bond donors (Lipinski definition) is 1. The monoisotopic (exact) mass is 226 g/mol. The van der Waals surface area contributed by atoms with Gasteiger partial charge in [0.2, 0.25) is 11.2 Å². The molecule has 6 heteroatoms. The number of anilines is 1. The molecule has 1 aromatic rings. The van der Waals surface area contributed by atoms with Crippen LogP contribution in [0.2, 0.25) is 5.28 Å². The Labute approximate surface area is 92.5 Å². The van der Waals surface area contributed by atoms with Crippen LogP contribution in [0, 0.1) is 0 Å². The summed E-state index contributed by atoms with van der Waals surface area (Å²) in [5.41, 5.74) is 0. The van der Waals surface area contributed by atoms with Gasteiger partial charge >= 0.3 is 0 Å². The first-order valence-corrected chi connectivity index (χ1v) is 5.14. The summed E-state index contributed by atoms with van der Waals surface area (Å²) in [5, 5.41) is 3.01. The second-order valence-electron chi connectivity index (χ2n) is 3.31. The molecule has 2 heterocycles. The number of carbonyl (C=O) groups is 1. The molecular weight excluding hydrogens is 216 g/mol. The minimum absolute atomic E-state index is 0.0160. The molecule has 0 spiro atoms. The third kappa shape index (κ3) is 2.56. The predicted molar refractivity (Wildman–Crippen MR) is 56.9 cm³/mol. The molecule has 5 nitrogen and oxygen atoms in total. The third-order valence-corrected chi connectivity index (χ3v) is 2.38. The molecule has 2 rings (SSSR count). The quantitative estimate of drug-likeness (QED) is 0.707. The van der Waals surface area contributed by atoms with E-state index < -0.39 is 0 Å². The highest BCUT2D eigenvalue weighted by atomic mass is 35.5. The average Bonchev–Trinajstić information content (AvgIpc) is 2.43. The van der Waals surface area contributed by atoms with Crippen molar-refractivity contribution in [3.63, 3.8) is 0 Å². The van der Waals surface area contributed by atoms with Crippen LogP contribution in [0.5, 0.6) is 0 Å². The fraction of sp³-hybridized carbons (Fsp3) is 0.444. The Kier molecular flexibility index (Phi) is 3.01. The van der Waals surface area contributed by atoms with Gasteiger partial charge in [0, 0.05) is 19.3 Å². The lowest BCUT2D eigenvalue weighted by molar-refractivity contribution is -0.119. The van der Waals surface area contributed by atoms with Gasteiger partial charge in [-0.15, -0.1) is 0 Å². The molecule has 1 saturated heterocycles. The number of nitrogens with zero attached hydrogens (tertiary/aromatic N) is 3. The van der Waals surface area contributed by atoms with Crippen molar-refractivity contribution >= 4 is 23.3 Å². The average molecular weight is 227 g/mol. The van der Waals surface area contributed by atoms with Crippen molar-refractivity contribution in [2.75, 3.05) is 24.5 Å². The second kappa shape index (κ2) is 4.44. The molecule has 0 unspecified atom stereocenters. The van der Waals surface area contributed by atoms with Crippen LogP contribution in [0.15, 0.2) is 12.3 Å². The number of nitrogens with one attached hydrogen (secondary N) is 1. The van der Waals surface area contributed by atoms with Gasteiger partial charge in [-0.25, -0.2) is 9.97 Å². The van der Waals surface area contributed by atoms with Crippen molar-refractivity contribution in [2.24, 2.45) is 0 Å². The van der Waals surface area contributed by atoms with Gasteiger partial charge in [0.1, 0.15) is 5.82 Å². The second-order valence-corrected chi connectivity index (χ2v) is 3.65. The number of halogens is 1. The van der Waals surface area contributed by atoms with Crippen LogP contribution in [0.25, 0.3) is 0 Å². The number of carbonyl (C=O) groups excluding carboxylic acids is 1. The van der Waals surface area contributed by atoms with E-state index in [1.807, 2.05) is 4.90 Å². The summed E-state index contributed by atoms with van der Waals surface area (Å²) in [4.78, 5) is 21.1. The Morgan fingerprint density at radius 2 is 2.40 bits per heavy atom. The first kappa shape index (κ1) is 10.2. The molecule has 1 aromatic heterocycles. The summed E-state index contributed by atoms with van der Waals surface area (Å²) in [6.45, 7) is 1.84. The van der Waals surface area contributed by atoms with E-state index >= 15 is 0 Å². The zero-order valence-corrected chi connectivity index (χ0v) is 8.87. The van der Waals surface area contributed by atoms with Crippen LogP contribution in [0.3, 0.4) is 0 Å². The van der Waals surface area contributed by atoms with Crippen LogP contribution in [-0.2, 0) is 4.79 Å². The summed E-state index contributed by atoms with van der Waals surface area (Å²) in [6, 6.07) is 1.75. The molecule has 1 N–H and O–H groups in total. The highest BCUT2D eigenvalue weighted by Gasteiger charge is 2.15. The molecule has 0 bridgehead atoms. The maximum absolute atomic E-state index is 11.3. The van der Waals surface area contributed by atoms with Gasteiger partial charge in [-0.1, -0.05) is 0 Å². The number of rotatable bonds is 1. The fourth-order valence-electron chi connectivity index (χ4n) is 1.50. The lowest BCUT2D eigenvalue weighted by Gasteiger charge is -2.19. The van der Waals surface area contributed by atoms with Crippen LogP contribution in [0.1, 0.15) is 6.42 Å². The molecule has 1 aliphatic rings. The van der Waals surface area contributed by atoms with E-state index in [4.69, 9.17) is 11.6 Å². The summed E-state index contributed by atoms with van der Waals surface area (Å²) < 4.78 is 0. The van der Waals surface area contributed by atoms with E-state index in [2.05, 4.69) is 15.3 Å². The normalized spacial score (nSPS) is 17.1. The topological polar surface area (TPSA) is 58.1 Å². The Bertz CT molecular complexity index is 371. The van der Waals surface area contributed by atoms with Crippen molar-refractivity contribution in [2.45, 2.75) is 6.42 Å². The van der Waals surface area contributed by atoms with Crippen LogP contribution in [-0.4, -0.2) is 35.5 Å². The van der Waals surface area contributed by atoms with E-state index in [-0.39, 0.29) is 11.2 Å². The van der Waals surface area contributed by atoms with E-state index in [0.717, 1.165) is 13.0 Å². The maximum Gasteiger partial charge on any atom is 0.239 e. The SMILES string of the molecule is O=C1CN(c2ccnc(Cl)n2)CCCN1. The van der Waals surface area contributed by atoms with Crippen molar-refractivity contribution in [1.82, 2.24) is 15.3 Å². The smallest absolute Gasteiger partial charge is 0.239 e. The molecular formula is C9H11ClN4O. The summed E-state index contributed by atoms with van der Waals surface area (Å²) >= 11 is 5.69. The summed E-state index contributed by atoms with van der Waals surface area (Å²) in [7, 11) is 0. The van der Waals surface area contributed by atoms with E-state index in [1.165, 1.54) is 0 Å². The molecule has 0 radical (unpaired) electrons. The van der Waals surface area contributed by atoms with E-state index in [9.17, 15) is 4.79 Å². The molecule has 0 atom stereocenters. The van der Waals surface area contributed by atoms with Gasteiger partial charge in [-0.3, -0.25) is 4.79 Å². The first-order chi connectivity index (χ1) is 7.25. The molecule has 15 heavy (non-hydrogen) atoms. The van der Waals surface area contributed by atoms with Crippen molar-refractivity contribution < 1.29 is 4.79 Å². The van der Waals surface area contributed by atoms with Gasteiger partial charge in [-0.05, 0) is 24.1 Å². The molecule has 0 saturated carbocycles. The number of amides is 1. The molecule has 1 fully saturated rings. The fourth-order valence-corrected chi connectivity index (χ4v) is 1.65. The Hall–Kier alpha value is -1.36. The predicted octanol–water partition coefficient (Wildman–Crippen LogP) is 0.456. The Balaban J connectivity index is 2.18. The highest BCUT2D eigenvalue weighted by Crippen LogP contribution is 2.13. The molecule has 1 amide bonds. The lowest BCUT2D eigenvalue weighted by Crippen LogP contribution is -2.33. The van der Waals surface area contributed by atoms with Crippen LogP contribution in [0.4, 0.5) is 5.82 Å². The molecule has 1 aliphatic heterocycles. The van der Waals surface area contributed by atoms with Crippen molar-refractivity contribution in [3.05, 3.63) is 17.5 Å². The summed E-state index contributed by atoms with van der Waals surface area (Å²) in [5.74, 6) is 0.717. The molecule has 0 aromatic carbocycles. The van der Waals surface area contributed by atoms with Gasteiger partial charge in [0.25, 0.3) is 0 Å². The van der Waals surface area contributed by atoms with Crippen molar-refractivity contribution in [1.29, 1.82) is 0 Å².